The Morgan fingerprint density at radius 3 is 2.89 bits per heavy atom. The molecule has 1 aliphatic rings. The number of aromatic nitrogens is 1. The molecule has 3 amide bonds. The minimum atomic E-state index is -0.291. The first kappa shape index (κ1) is 19.1. The zero-order valence-corrected chi connectivity index (χ0v) is 15.6. The summed E-state index contributed by atoms with van der Waals surface area (Å²) in [6, 6.07) is 5.74. The average molecular weight is 392 g/mol. The van der Waals surface area contributed by atoms with Gasteiger partial charge in [0.2, 0.25) is 5.91 Å². The van der Waals surface area contributed by atoms with E-state index in [1.165, 1.54) is 23.5 Å². The second-order valence-corrected chi connectivity index (χ2v) is 6.88. The number of amides is 3. The van der Waals surface area contributed by atoms with Crippen LogP contribution in [0, 0.1) is 5.82 Å². The molecule has 2 heterocycles. The van der Waals surface area contributed by atoms with E-state index in [0.717, 1.165) is 12.8 Å². The summed E-state index contributed by atoms with van der Waals surface area (Å²) in [6.07, 6.45) is 1.75. The Balaban J connectivity index is 1.30. The molecule has 1 saturated heterocycles. The number of hydrogen-bond donors (Lipinski definition) is 2. The lowest BCUT2D eigenvalue weighted by molar-refractivity contribution is -0.120. The molecular weight excluding hydrogens is 371 g/mol. The highest BCUT2D eigenvalue weighted by atomic mass is 32.1. The predicted molar refractivity (Wildman–Crippen MR) is 101 cm³/mol. The number of rotatable bonds is 9. The molecule has 1 aromatic carbocycles. The SMILES string of the molecule is O=C(Cc1csc(N2CCNC2=O)n1)NCCCCOc1ccc(F)cc1. The molecule has 0 atom stereocenters. The van der Waals surface area contributed by atoms with E-state index >= 15 is 0 Å². The smallest absolute Gasteiger partial charge is 0.323 e. The highest BCUT2D eigenvalue weighted by molar-refractivity contribution is 7.14. The Bertz CT molecular complexity index is 781. The minimum Gasteiger partial charge on any atom is -0.494 e. The summed E-state index contributed by atoms with van der Waals surface area (Å²) >= 11 is 1.36. The first-order valence-corrected chi connectivity index (χ1v) is 9.64. The third-order valence-electron chi connectivity index (χ3n) is 3.94. The highest BCUT2D eigenvalue weighted by Gasteiger charge is 2.24. The Labute approximate surface area is 160 Å². The van der Waals surface area contributed by atoms with Gasteiger partial charge in [-0.15, -0.1) is 11.3 Å². The van der Waals surface area contributed by atoms with Crippen LogP contribution < -0.4 is 20.3 Å². The van der Waals surface area contributed by atoms with Crippen molar-refractivity contribution < 1.29 is 18.7 Å². The number of nitrogens with zero attached hydrogens (tertiary/aromatic N) is 2. The van der Waals surface area contributed by atoms with Crippen molar-refractivity contribution in [1.29, 1.82) is 0 Å². The molecule has 3 rings (SSSR count). The molecule has 0 radical (unpaired) electrons. The standard InChI is InChI=1S/C18H21FN4O3S/c19-13-3-5-15(6-4-13)26-10-2-1-7-20-16(24)11-14-12-27-18(22-14)23-9-8-21-17(23)25/h3-6,12H,1-2,7-11H2,(H,20,24)(H,21,25). The van der Waals surface area contributed by atoms with Crippen LogP contribution in [0.5, 0.6) is 5.75 Å². The van der Waals surface area contributed by atoms with Crippen LogP contribution in [0.3, 0.4) is 0 Å². The summed E-state index contributed by atoms with van der Waals surface area (Å²) in [5.41, 5.74) is 0.659. The largest absolute Gasteiger partial charge is 0.494 e. The Morgan fingerprint density at radius 1 is 1.33 bits per heavy atom. The molecule has 9 heteroatoms. The second kappa shape index (κ2) is 9.31. The number of carbonyl (C=O) groups is 2. The van der Waals surface area contributed by atoms with Crippen LogP contribution in [0.15, 0.2) is 29.6 Å². The van der Waals surface area contributed by atoms with Gasteiger partial charge < -0.3 is 15.4 Å². The molecule has 7 nitrogen and oxygen atoms in total. The Hall–Kier alpha value is -2.68. The number of ether oxygens (including phenoxy) is 1. The van der Waals surface area contributed by atoms with E-state index in [1.54, 1.807) is 22.4 Å². The molecule has 0 aliphatic carbocycles. The molecular formula is C18H21FN4O3S. The normalized spacial score (nSPS) is 13.5. The molecule has 27 heavy (non-hydrogen) atoms. The van der Waals surface area contributed by atoms with Crippen molar-refractivity contribution in [3.8, 4) is 5.75 Å². The number of hydrogen-bond acceptors (Lipinski definition) is 5. The first-order chi connectivity index (χ1) is 13.1. The number of halogens is 1. The molecule has 0 saturated carbocycles. The molecule has 0 unspecified atom stereocenters. The van der Waals surface area contributed by atoms with Crippen molar-refractivity contribution >= 4 is 28.4 Å². The van der Waals surface area contributed by atoms with Gasteiger partial charge in [-0.1, -0.05) is 0 Å². The Kier molecular flexibility index (Phi) is 6.59. The Morgan fingerprint density at radius 2 is 2.15 bits per heavy atom. The van der Waals surface area contributed by atoms with Crippen LogP contribution >= 0.6 is 11.3 Å². The molecule has 0 bridgehead atoms. The number of carbonyl (C=O) groups excluding carboxylic acids is 2. The summed E-state index contributed by atoms with van der Waals surface area (Å²) < 4.78 is 18.3. The van der Waals surface area contributed by atoms with Gasteiger partial charge in [0.05, 0.1) is 18.7 Å². The van der Waals surface area contributed by atoms with Crippen LogP contribution in [0.4, 0.5) is 14.3 Å². The molecule has 1 aliphatic heterocycles. The van der Waals surface area contributed by atoms with Gasteiger partial charge in [0, 0.05) is 25.0 Å². The van der Waals surface area contributed by atoms with Crippen molar-refractivity contribution in [3.05, 3.63) is 41.2 Å². The zero-order valence-electron chi connectivity index (χ0n) is 14.7. The summed E-state index contributed by atoms with van der Waals surface area (Å²) in [5, 5.41) is 7.99. The molecule has 1 aromatic heterocycles. The maximum Gasteiger partial charge on any atom is 0.323 e. The van der Waals surface area contributed by atoms with Gasteiger partial charge >= 0.3 is 6.03 Å². The van der Waals surface area contributed by atoms with Gasteiger partial charge in [0.1, 0.15) is 11.6 Å². The van der Waals surface area contributed by atoms with Crippen molar-refractivity contribution in [2.75, 3.05) is 31.1 Å². The van der Waals surface area contributed by atoms with Crippen LogP contribution in [0.25, 0.3) is 0 Å². The minimum absolute atomic E-state index is 0.0998. The third kappa shape index (κ3) is 5.65. The van der Waals surface area contributed by atoms with E-state index in [4.69, 9.17) is 4.74 Å². The fourth-order valence-corrected chi connectivity index (χ4v) is 3.41. The van der Waals surface area contributed by atoms with E-state index < -0.39 is 0 Å². The van der Waals surface area contributed by atoms with E-state index in [9.17, 15) is 14.0 Å². The summed E-state index contributed by atoms with van der Waals surface area (Å²) in [4.78, 5) is 29.5. The second-order valence-electron chi connectivity index (χ2n) is 6.04. The number of anilines is 1. The van der Waals surface area contributed by atoms with Gasteiger partial charge in [-0.05, 0) is 37.1 Å². The number of urea groups is 1. The number of nitrogens with one attached hydrogen (secondary N) is 2. The molecule has 2 aromatic rings. The van der Waals surface area contributed by atoms with Crippen molar-refractivity contribution in [3.63, 3.8) is 0 Å². The van der Waals surface area contributed by atoms with E-state index in [0.29, 0.717) is 42.8 Å². The maximum absolute atomic E-state index is 12.8. The quantitative estimate of drug-likeness (QED) is 0.642. The van der Waals surface area contributed by atoms with Gasteiger partial charge in [0.15, 0.2) is 5.13 Å². The zero-order chi connectivity index (χ0) is 19.1. The lowest BCUT2D eigenvalue weighted by Crippen LogP contribution is -2.28. The maximum atomic E-state index is 12.8. The fraction of sp³-hybridized carbons (Fsp3) is 0.389. The van der Waals surface area contributed by atoms with Crippen LogP contribution in [-0.2, 0) is 11.2 Å². The number of unbranched alkanes of at least 4 members (excludes halogenated alkanes) is 1. The van der Waals surface area contributed by atoms with Crippen LogP contribution in [-0.4, -0.2) is 43.2 Å². The summed E-state index contributed by atoms with van der Waals surface area (Å²) in [7, 11) is 0. The van der Waals surface area contributed by atoms with E-state index in [-0.39, 0.29) is 24.2 Å². The molecule has 0 spiro atoms. The number of thiazole rings is 1. The van der Waals surface area contributed by atoms with Gasteiger partial charge in [0.25, 0.3) is 0 Å². The first-order valence-electron chi connectivity index (χ1n) is 8.76. The van der Waals surface area contributed by atoms with Crippen LogP contribution in [0.1, 0.15) is 18.5 Å². The predicted octanol–water partition coefficient (Wildman–Crippen LogP) is 2.33. The highest BCUT2D eigenvalue weighted by Crippen LogP contribution is 2.22. The van der Waals surface area contributed by atoms with Crippen LogP contribution in [0.2, 0.25) is 0 Å². The average Bonchev–Trinajstić information content (AvgIpc) is 3.28. The van der Waals surface area contributed by atoms with Gasteiger partial charge in [-0.3, -0.25) is 9.69 Å². The molecule has 2 N–H and O–H groups in total. The topological polar surface area (TPSA) is 83.6 Å². The fourth-order valence-electron chi connectivity index (χ4n) is 2.56. The number of benzene rings is 1. The van der Waals surface area contributed by atoms with Gasteiger partial charge in [-0.25, -0.2) is 14.2 Å². The summed E-state index contributed by atoms with van der Waals surface area (Å²) in [6.45, 7) is 2.27. The third-order valence-corrected chi connectivity index (χ3v) is 4.86. The van der Waals surface area contributed by atoms with E-state index in [1.807, 2.05) is 0 Å². The van der Waals surface area contributed by atoms with Crippen molar-refractivity contribution in [2.24, 2.45) is 0 Å². The molecule has 1 fully saturated rings. The monoisotopic (exact) mass is 392 g/mol. The lowest BCUT2D eigenvalue weighted by atomic mass is 10.3. The van der Waals surface area contributed by atoms with Crippen molar-refractivity contribution in [1.82, 2.24) is 15.6 Å². The molecule has 144 valence electrons. The summed E-state index contributed by atoms with van der Waals surface area (Å²) in [5.74, 6) is 0.240. The van der Waals surface area contributed by atoms with E-state index in [2.05, 4.69) is 15.6 Å². The van der Waals surface area contributed by atoms with Crippen molar-refractivity contribution in [2.45, 2.75) is 19.3 Å². The lowest BCUT2D eigenvalue weighted by Gasteiger charge is -2.08. The van der Waals surface area contributed by atoms with Gasteiger partial charge in [-0.2, -0.15) is 0 Å².